The first kappa shape index (κ1) is 12.2. The number of hydrogen-bond acceptors (Lipinski definition) is 2. The van der Waals surface area contributed by atoms with E-state index in [9.17, 15) is 0 Å². The second kappa shape index (κ2) is 9.30. The highest BCUT2D eigenvalue weighted by molar-refractivity contribution is 6.18. The molecule has 1 atom stereocenters. The normalized spacial score (nSPS) is 13.2. The Morgan fingerprint density at radius 2 is 1.58 bits per heavy atom. The molecule has 1 unspecified atom stereocenters. The molecule has 0 bridgehead atoms. The van der Waals surface area contributed by atoms with Gasteiger partial charge >= 0.3 is 0 Å². The van der Waals surface area contributed by atoms with E-state index in [0.29, 0.717) is 12.5 Å². The SMILES string of the molecule is OCCCCCCCC(O)CCl. The number of unbranched alkanes of at least 4 members (excludes halogenated alkanes) is 4. The van der Waals surface area contributed by atoms with E-state index >= 15 is 0 Å². The van der Waals surface area contributed by atoms with Gasteiger partial charge in [-0.25, -0.2) is 0 Å². The van der Waals surface area contributed by atoms with Crippen molar-refractivity contribution in [1.29, 1.82) is 0 Å². The standard InChI is InChI=1S/C9H19ClO2/c10-8-9(12)6-4-2-1-3-5-7-11/h9,11-12H,1-8H2. The van der Waals surface area contributed by atoms with Gasteiger partial charge in [-0.3, -0.25) is 0 Å². The molecule has 0 radical (unpaired) electrons. The summed E-state index contributed by atoms with van der Waals surface area (Å²) < 4.78 is 0. The zero-order chi connectivity index (χ0) is 9.23. The molecule has 0 aromatic carbocycles. The molecule has 74 valence electrons. The van der Waals surface area contributed by atoms with E-state index in [2.05, 4.69) is 0 Å². The summed E-state index contributed by atoms with van der Waals surface area (Å²) in [5.74, 6) is 0.344. The maximum Gasteiger partial charge on any atom is 0.0675 e. The number of hydrogen-bond donors (Lipinski definition) is 2. The third-order valence-electron chi connectivity index (χ3n) is 1.87. The molecule has 0 aromatic rings. The third-order valence-corrected chi connectivity index (χ3v) is 2.23. The molecule has 0 aromatic heterocycles. The van der Waals surface area contributed by atoms with Gasteiger partial charge in [-0.05, 0) is 12.8 Å². The van der Waals surface area contributed by atoms with Crippen LogP contribution < -0.4 is 0 Å². The monoisotopic (exact) mass is 194 g/mol. The van der Waals surface area contributed by atoms with Gasteiger partial charge in [0.1, 0.15) is 0 Å². The van der Waals surface area contributed by atoms with Crippen molar-refractivity contribution in [2.45, 2.75) is 44.6 Å². The summed E-state index contributed by atoms with van der Waals surface area (Å²) in [6.45, 7) is 0.296. The topological polar surface area (TPSA) is 40.5 Å². The lowest BCUT2D eigenvalue weighted by Crippen LogP contribution is -2.07. The van der Waals surface area contributed by atoms with Crippen LogP contribution in [0.4, 0.5) is 0 Å². The van der Waals surface area contributed by atoms with Crippen LogP contribution in [-0.4, -0.2) is 28.8 Å². The highest BCUT2D eigenvalue weighted by Crippen LogP contribution is 2.07. The van der Waals surface area contributed by atoms with E-state index in [1.807, 2.05) is 0 Å². The van der Waals surface area contributed by atoms with E-state index in [1.54, 1.807) is 0 Å². The Kier molecular flexibility index (Phi) is 9.46. The summed E-state index contributed by atoms with van der Waals surface area (Å²) in [5, 5.41) is 17.6. The van der Waals surface area contributed by atoms with Gasteiger partial charge in [-0.15, -0.1) is 11.6 Å². The van der Waals surface area contributed by atoms with Crippen LogP contribution in [0.2, 0.25) is 0 Å². The highest BCUT2D eigenvalue weighted by Gasteiger charge is 2.00. The first-order chi connectivity index (χ1) is 5.81. The van der Waals surface area contributed by atoms with E-state index in [4.69, 9.17) is 21.8 Å². The summed E-state index contributed by atoms with van der Waals surface area (Å²) in [7, 11) is 0. The lowest BCUT2D eigenvalue weighted by Gasteiger charge is -2.05. The lowest BCUT2D eigenvalue weighted by molar-refractivity contribution is 0.183. The van der Waals surface area contributed by atoms with Gasteiger partial charge in [0, 0.05) is 12.5 Å². The Bertz CT molecular complexity index is 88.6. The van der Waals surface area contributed by atoms with Crippen LogP contribution in [-0.2, 0) is 0 Å². The van der Waals surface area contributed by atoms with Crippen molar-refractivity contribution in [3.63, 3.8) is 0 Å². The number of aliphatic hydroxyl groups is 2. The van der Waals surface area contributed by atoms with Crippen LogP contribution in [0, 0.1) is 0 Å². The Morgan fingerprint density at radius 3 is 2.17 bits per heavy atom. The van der Waals surface area contributed by atoms with Crippen LogP contribution in [0.3, 0.4) is 0 Å². The summed E-state index contributed by atoms with van der Waals surface area (Å²) in [5.41, 5.74) is 0. The minimum absolute atomic E-state index is 0.296. The fourth-order valence-corrected chi connectivity index (χ4v) is 1.25. The van der Waals surface area contributed by atoms with Gasteiger partial charge in [0.05, 0.1) is 6.10 Å². The molecule has 0 rings (SSSR count). The molecule has 12 heavy (non-hydrogen) atoms. The first-order valence-electron chi connectivity index (χ1n) is 4.66. The van der Waals surface area contributed by atoms with E-state index < -0.39 is 0 Å². The van der Waals surface area contributed by atoms with E-state index in [0.717, 1.165) is 38.5 Å². The molecule has 0 aliphatic carbocycles. The first-order valence-corrected chi connectivity index (χ1v) is 5.19. The zero-order valence-corrected chi connectivity index (χ0v) is 8.26. The third kappa shape index (κ3) is 8.31. The van der Waals surface area contributed by atoms with Crippen LogP contribution >= 0.6 is 11.6 Å². The number of halogens is 1. The van der Waals surface area contributed by atoms with Gasteiger partial charge < -0.3 is 10.2 Å². The second-order valence-electron chi connectivity index (χ2n) is 3.09. The average molecular weight is 195 g/mol. The summed E-state index contributed by atoms with van der Waals surface area (Å²) >= 11 is 5.43. The zero-order valence-electron chi connectivity index (χ0n) is 7.51. The predicted octanol–water partition coefficient (Wildman–Crippen LogP) is 1.92. The van der Waals surface area contributed by atoms with Crippen molar-refractivity contribution >= 4 is 11.6 Å². The maximum absolute atomic E-state index is 9.09. The Labute approximate surface area is 79.6 Å². The smallest absolute Gasteiger partial charge is 0.0675 e. The Hall–Kier alpha value is 0.210. The van der Waals surface area contributed by atoms with E-state index in [-0.39, 0.29) is 6.10 Å². The van der Waals surface area contributed by atoms with Crippen LogP contribution in [0.1, 0.15) is 38.5 Å². The molecule has 0 saturated carbocycles. The van der Waals surface area contributed by atoms with Crippen LogP contribution in [0.25, 0.3) is 0 Å². The number of aliphatic hydroxyl groups excluding tert-OH is 2. The maximum atomic E-state index is 9.09. The van der Waals surface area contributed by atoms with Crippen molar-refractivity contribution in [3.8, 4) is 0 Å². The molecule has 0 amide bonds. The molecule has 2 N–H and O–H groups in total. The van der Waals surface area contributed by atoms with Crippen molar-refractivity contribution in [3.05, 3.63) is 0 Å². The van der Waals surface area contributed by atoms with Gasteiger partial charge in [0.25, 0.3) is 0 Å². The van der Waals surface area contributed by atoms with Crippen molar-refractivity contribution < 1.29 is 10.2 Å². The van der Waals surface area contributed by atoms with Crippen molar-refractivity contribution in [1.82, 2.24) is 0 Å². The average Bonchev–Trinajstić information content (AvgIpc) is 2.10. The molecule has 0 heterocycles. The van der Waals surface area contributed by atoms with Gasteiger partial charge in [-0.2, -0.15) is 0 Å². The summed E-state index contributed by atoms with van der Waals surface area (Å²) in [6.07, 6.45) is 5.79. The highest BCUT2D eigenvalue weighted by atomic mass is 35.5. The molecular weight excluding hydrogens is 176 g/mol. The summed E-state index contributed by atoms with van der Waals surface area (Å²) in [4.78, 5) is 0. The van der Waals surface area contributed by atoms with Crippen LogP contribution in [0.5, 0.6) is 0 Å². The molecule has 0 saturated heterocycles. The number of alkyl halides is 1. The molecule has 0 aliphatic rings. The van der Waals surface area contributed by atoms with Gasteiger partial charge in [0.15, 0.2) is 0 Å². The van der Waals surface area contributed by atoms with Gasteiger partial charge in [-0.1, -0.05) is 25.7 Å². The van der Waals surface area contributed by atoms with Crippen molar-refractivity contribution in [2.75, 3.05) is 12.5 Å². The second-order valence-corrected chi connectivity index (χ2v) is 3.40. The van der Waals surface area contributed by atoms with Crippen LogP contribution in [0.15, 0.2) is 0 Å². The van der Waals surface area contributed by atoms with Crippen molar-refractivity contribution in [2.24, 2.45) is 0 Å². The Balaban J connectivity index is 2.90. The molecule has 0 fully saturated rings. The fourth-order valence-electron chi connectivity index (χ4n) is 1.10. The summed E-state index contributed by atoms with van der Waals surface area (Å²) in [6, 6.07) is 0. The van der Waals surface area contributed by atoms with Gasteiger partial charge in [0.2, 0.25) is 0 Å². The molecule has 3 heteroatoms. The number of rotatable bonds is 8. The molecule has 2 nitrogen and oxygen atoms in total. The quantitative estimate of drug-likeness (QED) is 0.458. The molecule has 0 spiro atoms. The predicted molar refractivity (Wildman–Crippen MR) is 51.5 cm³/mol. The minimum Gasteiger partial charge on any atom is -0.396 e. The molecule has 0 aliphatic heterocycles. The lowest BCUT2D eigenvalue weighted by atomic mass is 10.1. The largest absolute Gasteiger partial charge is 0.396 e. The molecular formula is C9H19ClO2. The Morgan fingerprint density at radius 1 is 1.00 bits per heavy atom. The van der Waals surface area contributed by atoms with E-state index in [1.165, 1.54) is 0 Å². The minimum atomic E-state index is -0.329. The fraction of sp³-hybridized carbons (Fsp3) is 1.00.